The Morgan fingerprint density at radius 1 is 0.279 bits per heavy atom. The lowest BCUT2D eigenvalue weighted by molar-refractivity contribution is -0.161. The molecule has 0 rings (SSSR count). The Morgan fingerprint density at radius 2 is 0.490 bits per heavy atom. The highest BCUT2D eigenvalue weighted by Gasteiger charge is 2.30. The number of esters is 4. The molecule has 0 heterocycles. The van der Waals surface area contributed by atoms with Gasteiger partial charge in [-0.15, -0.1) is 0 Å². The minimum atomic E-state index is -4.96. The maximum Gasteiger partial charge on any atom is 0.472 e. The number of hydrogen-bond acceptors (Lipinski definition) is 15. The first-order valence-electron chi connectivity index (χ1n) is 44.0. The number of unbranched alkanes of at least 4 members (excludes halogenated alkanes) is 53. The molecule has 0 bridgehead atoms. The highest BCUT2D eigenvalue weighted by molar-refractivity contribution is 7.47. The van der Waals surface area contributed by atoms with Gasteiger partial charge >= 0.3 is 39.5 Å². The highest BCUT2D eigenvalue weighted by atomic mass is 31.2. The zero-order valence-electron chi connectivity index (χ0n) is 68.3. The van der Waals surface area contributed by atoms with Gasteiger partial charge in [0.05, 0.1) is 26.4 Å². The monoisotopic (exact) mass is 1520 g/mol. The van der Waals surface area contributed by atoms with E-state index in [-0.39, 0.29) is 25.7 Å². The van der Waals surface area contributed by atoms with Gasteiger partial charge in [-0.3, -0.25) is 37.3 Å². The van der Waals surface area contributed by atoms with E-state index in [1.54, 1.807) is 0 Å². The van der Waals surface area contributed by atoms with Crippen LogP contribution in [0.2, 0.25) is 0 Å². The van der Waals surface area contributed by atoms with Gasteiger partial charge in [-0.2, -0.15) is 0 Å². The van der Waals surface area contributed by atoms with Crippen LogP contribution in [0, 0.1) is 11.8 Å². The number of carbonyl (C=O) groups excluding carboxylic acids is 4. The van der Waals surface area contributed by atoms with Gasteiger partial charge in [0.1, 0.15) is 19.3 Å². The predicted molar refractivity (Wildman–Crippen MR) is 428 cm³/mol. The van der Waals surface area contributed by atoms with Crippen molar-refractivity contribution >= 4 is 39.5 Å². The number of phosphoric acid groups is 2. The Hall–Kier alpha value is -1.94. The van der Waals surface area contributed by atoms with Crippen LogP contribution in [0.3, 0.4) is 0 Å². The molecule has 0 aromatic rings. The molecule has 104 heavy (non-hydrogen) atoms. The van der Waals surface area contributed by atoms with E-state index in [0.717, 1.165) is 102 Å². The van der Waals surface area contributed by atoms with Gasteiger partial charge < -0.3 is 33.8 Å². The van der Waals surface area contributed by atoms with E-state index < -0.39 is 97.5 Å². The summed E-state index contributed by atoms with van der Waals surface area (Å²) >= 11 is 0. The van der Waals surface area contributed by atoms with Crippen molar-refractivity contribution in [2.45, 2.75) is 471 Å². The Kier molecular flexibility index (Phi) is 75.0. The Morgan fingerprint density at radius 3 is 0.731 bits per heavy atom. The topological polar surface area (TPSA) is 237 Å². The third-order valence-corrected chi connectivity index (χ3v) is 22.2. The normalized spacial score (nSPS) is 14.1. The molecule has 6 atom stereocenters. The molecule has 0 saturated heterocycles. The summed E-state index contributed by atoms with van der Waals surface area (Å²) in [5.74, 6) is -0.498. The molecule has 0 saturated carbocycles. The molecule has 618 valence electrons. The standard InChI is InChI=1S/C85H166O17P2/c1-7-10-12-14-16-18-20-21-22-23-24-25-29-32-35-38-44-50-56-62-68-83(88)96-74-80(101-84(89)69-63-57-51-45-39-36-33-30-27-26-28-31-34-37-42-48-54-60-66-78(6)9-3)75-99-103(91,92)97-71-79(86)72-98-104(93,94)100-76-81(73-95-82(87)67-61-55-49-43-19-17-15-13-11-8-2)102-85(90)70-64-58-52-46-40-41-47-53-59-65-77(4)5/h77-81,86H,7-76H2,1-6H3,(H,91,92)(H,93,94)/t78?,79-,80-,81-/m1/s1. The molecule has 0 radical (unpaired) electrons. The van der Waals surface area contributed by atoms with Crippen LogP contribution in [0.4, 0.5) is 0 Å². The lowest BCUT2D eigenvalue weighted by atomic mass is 9.99. The molecule has 0 fully saturated rings. The van der Waals surface area contributed by atoms with E-state index in [0.29, 0.717) is 25.7 Å². The highest BCUT2D eigenvalue weighted by Crippen LogP contribution is 2.45. The first kappa shape index (κ1) is 102. The van der Waals surface area contributed by atoms with Crippen LogP contribution in [-0.2, 0) is 65.4 Å². The van der Waals surface area contributed by atoms with Gasteiger partial charge in [0.25, 0.3) is 0 Å². The van der Waals surface area contributed by atoms with E-state index in [9.17, 15) is 43.2 Å². The van der Waals surface area contributed by atoms with Crippen molar-refractivity contribution in [3.05, 3.63) is 0 Å². The molecule has 3 unspecified atom stereocenters. The minimum absolute atomic E-state index is 0.106. The molecule has 19 heteroatoms. The fraction of sp³-hybridized carbons (Fsp3) is 0.953. The van der Waals surface area contributed by atoms with Crippen molar-refractivity contribution in [1.29, 1.82) is 0 Å². The zero-order chi connectivity index (χ0) is 76.4. The fourth-order valence-corrected chi connectivity index (χ4v) is 14.8. The van der Waals surface area contributed by atoms with E-state index in [2.05, 4.69) is 41.5 Å². The van der Waals surface area contributed by atoms with Gasteiger partial charge in [-0.25, -0.2) is 9.13 Å². The number of phosphoric ester groups is 2. The van der Waals surface area contributed by atoms with Crippen molar-refractivity contribution < 1.29 is 80.2 Å². The van der Waals surface area contributed by atoms with E-state index in [4.69, 9.17) is 37.0 Å². The van der Waals surface area contributed by atoms with Crippen LogP contribution in [0.1, 0.15) is 452 Å². The summed E-state index contributed by atoms with van der Waals surface area (Å²) in [6.45, 7) is 9.69. The summed E-state index contributed by atoms with van der Waals surface area (Å²) < 4.78 is 68.8. The van der Waals surface area contributed by atoms with Gasteiger partial charge in [-0.1, -0.05) is 401 Å². The molecular formula is C85H166O17P2. The quantitative estimate of drug-likeness (QED) is 0.0222. The third kappa shape index (κ3) is 76.8. The summed E-state index contributed by atoms with van der Waals surface area (Å²) in [4.78, 5) is 73.1. The van der Waals surface area contributed by atoms with Gasteiger partial charge in [0, 0.05) is 25.7 Å². The van der Waals surface area contributed by atoms with Crippen LogP contribution in [0.15, 0.2) is 0 Å². The van der Waals surface area contributed by atoms with Crippen LogP contribution in [-0.4, -0.2) is 96.7 Å². The average Bonchev–Trinajstić information content (AvgIpc) is 0.907. The second-order valence-electron chi connectivity index (χ2n) is 31.3. The molecule has 0 aromatic heterocycles. The lowest BCUT2D eigenvalue weighted by Gasteiger charge is -2.21. The average molecular weight is 1520 g/mol. The van der Waals surface area contributed by atoms with E-state index >= 15 is 0 Å². The summed E-state index contributed by atoms with van der Waals surface area (Å²) in [6, 6.07) is 0. The summed E-state index contributed by atoms with van der Waals surface area (Å²) in [5, 5.41) is 10.7. The van der Waals surface area contributed by atoms with Gasteiger partial charge in [0.2, 0.25) is 0 Å². The zero-order valence-corrected chi connectivity index (χ0v) is 70.1. The first-order valence-corrected chi connectivity index (χ1v) is 47.0. The van der Waals surface area contributed by atoms with Crippen LogP contribution < -0.4 is 0 Å². The van der Waals surface area contributed by atoms with Crippen LogP contribution in [0.25, 0.3) is 0 Å². The Balaban J connectivity index is 5.20. The van der Waals surface area contributed by atoms with E-state index in [1.807, 2.05) is 0 Å². The third-order valence-electron chi connectivity index (χ3n) is 20.3. The Labute approximate surface area is 638 Å². The SMILES string of the molecule is CCCCCCCCCCCCCCCCCCCCCCC(=O)OC[C@H](COP(=O)(O)OC[C@@H](O)COP(=O)(O)OC[C@@H](COC(=O)CCCCCCCCCCCC)OC(=O)CCCCCCCCCCCC(C)C)OC(=O)CCCCCCCCCCCCCCCCCCCCC(C)CC. The van der Waals surface area contributed by atoms with Crippen LogP contribution >= 0.6 is 15.6 Å². The van der Waals surface area contributed by atoms with Crippen molar-refractivity contribution in [2.24, 2.45) is 11.8 Å². The smallest absolute Gasteiger partial charge is 0.462 e. The van der Waals surface area contributed by atoms with Crippen LogP contribution in [0.5, 0.6) is 0 Å². The molecule has 0 aliphatic carbocycles. The maximum absolute atomic E-state index is 13.1. The maximum atomic E-state index is 13.1. The molecule has 17 nitrogen and oxygen atoms in total. The number of aliphatic hydroxyl groups excluding tert-OH is 1. The second kappa shape index (κ2) is 76.4. The molecule has 0 aromatic carbocycles. The number of carbonyl (C=O) groups is 4. The number of ether oxygens (including phenoxy) is 4. The largest absolute Gasteiger partial charge is 0.472 e. The van der Waals surface area contributed by atoms with Crippen molar-refractivity contribution in [3.8, 4) is 0 Å². The summed E-state index contributed by atoms with van der Waals surface area (Å²) in [7, 11) is -9.92. The van der Waals surface area contributed by atoms with E-state index in [1.165, 1.54) is 270 Å². The number of rotatable bonds is 84. The predicted octanol–water partition coefficient (Wildman–Crippen LogP) is 25.8. The van der Waals surface area contributed by atoms with Gasteiger partial charge in [0.15, 0.2) is 12.2 Å². The molecule has 0 aliphatic rings. The molecule has 0 amide bonds. The fourth-order valence-electron chi connectivity index (χ4n) is 13.2. The first-order chi connectivity index (χ1) is 50.4. The molecule has 3 N–H and O–H groups in total. The number of aliphatic hydroxyl groups is 1. The van der Waals surface area contributed by atoms with Crippen molar-refractivity contribution in [3.63, 3.8) is 0 Å². The minimum Gasteiger partial charge on any atom is -0.462 e. The Bertz CT molecular complexity index is 2000. The van der Waals surface area contributed by atoms with Gasteiger partial charge in [-0.05, 0) is 37.5 Å². The molecule has 0 aliphatic heterocycles. The number of hydrogen-bond donors (Lipinski definition) is 3. The molecular weight excluding hydrogens is 1350 g/mol. The summed E-state index contributed by atoms with van der Waals surface area (Å²) in [5.41, 5.74) is 0. The molecule has 0 spiro atoms. The van der Waals surface area contributed by atoms with Crippen molar-refractivity contribution in [2.75, 3.05) is 39.6 Å². The summed E-state index contributed by atoms with van der Waals surface area (Å²) in [6.07, 6.45) is 68.1. The van der Waals surface area contributed by atoms with Crippen molar-refractivity contribution in [1.82, 2.24) is 0 Å². The lowest BCUT2D eigenvalue weighted by Crippen LogP contribution is -2.30. The second-order valence-corrected chi connectivity index (χ2v) is 34.2.